The minimum absolute atomic E-state index is 0.107. The Hall–Kier alpha value is -2.62. The molecule has 0 saturated carbocycles. The van der Waals surface area contributed by atoms with E-state index in [4.69, 9.17) is 0 Å². The van der Waals surface area contributed by atoms with Crippen molar-refractivity contribution in [2.24, 2.45) is 0 Å². The van der Waals surface area contributed by atoms with Crippen LogP contribution in [0.5, 0.6) is 0 Å². The first-order chi connectivity index (χ1) is 10.6. The number of anilines is 1. The highest BCUT2D eigenvalue weighted by molar-refractivity contribution is 6.03. The monoisotopic (exact) mass is 294 g/mol. The van der Waals surface area contributed by atoms with Crippen molar-refractivity contribution in [2.75, 3.05) is 5.32 Å². The van der Waals surface area contributed by atoms with Crippen molar-refractivity contribution in [3.8, 4) is 0 Å². The molecule has 0 aromatic heterocycles. The third kappa shape index (κ3) is 3.01. The van der Waals surface area contributed by atoms with Crippen LogP contribution in [0.1, 0.15) is 28.4 Å². The Morgan fingerprint density at radius 2 is 1.55 bits per heavy atom. The summed E-state index contributed by atoms with van der Waals surface area (Å²) in [6.07, 6.45) is 1.70. The second-order valence-electron chi connectivity index (χ2n) is 5.57. The molecule has 1 aliphatic carbocycles. The van der Waals surface area contributed by atoms with Crippen LogP contribution >= 0.6 is 0 Å². The molecule has 0 aliphatic heterocycles. The topological polar surface area (TPSA) is 58.2 Å². The molecule has 4 heteroatoms. The average molecular weight is 294 g/mol. The highest BCUT2D eigenvalue weighted by atomic mass is 16.2. The molecule has 112 valence electrons. The van der Waals surface area contributed by atoms with Crippen LogP contribution in [0.25, 0.3) is 0 Å². The van der Waals surface area contributed by atoms with Crippen LogP contribution < -0.4 is 10.6 Å². The van der Waals surface area contributed by atoms with Gasteiger partial charge in [-0.2, -0.15) is 0 Å². The Labute approximate surface area is 129 Å². The molecule has 2 aromatic carbocycles. The predicted molar refractivity (Wildman–Crippen MR) is 85.8 cm³/mol. The van der Waals surface area contributed by atoms with Gasteiger partial charge < -0.3 is 10.6 Å². The molecule has 2 amide bonds. The molecule has 4 nitrogen and oxygen atoms in total. The van der Waals surface area contributed by atoms with E-state index >= 15 is 0 Å². The molecule has 1 aliphatic rings. The van der Waals surface area contributed by atoms with Gasteiger partial charge in [0.2, 0.25) is 5.91 Å². The minimum Gasteiger partial charge on any atom is -0.349 e. The maximum atomic E-state index is 12.5. The number of hydrogen-bond acceptors (Lipinski definition) is 2. The fourth-order valence-electron chi connectivity index (χ4n) is 2.90. The van der Waals surface area contributed by atoms with Crippen molar-refractivity contribution in [1.29, 1.82) is 0 Å². The molecule has 0 atom stereocenters. The summed E-state index contributed by atoms with van der Waals surface area (Å²) in [4.78, 5) is 23.7. The first-order valence-corrected chi connectivity index (χ1v) is 7.38. The van der Waals surface area contributed by atoms with E-state index in [1.165, 1.54) is 18.1 Å². The second kappa shape index (κ2) is 6.02. The molecule has 2 N–H and O–H groups in total. The fraction of sp³-hybridized carbons (Fsp3) is 0.222. The van der Waals surface area contributed by atoms with Crippen LogP contribution in [-0.4, -0.2) is 17.9 Å². The zero-order chi connectivity index (χ0) is 15.5. The maximum absolute atomic E-state index is 12.5. The molecule has 22 heavy (non-hydrogen) atoms. The van der Waals surface area contributed by atoms with Gasteiger partial charge in [0.1, 0.15) is 0 Å². The molecule has 3 rings (SSSR count). The summed E-state index contributed by atoms with van der Waals surface area (Å²) >= 11 is 0. The Morgan fingerprint density at radius 1 is 0.955 bits per heavy atom. The van der Waals surface area contributed by atoms with E-state index < -0.39 is 0 Å². The van der Waals surface area contributed by atoms with Crippen molar-refractivity contribution in [3.63, 3.8) is 0 Å². The zero-order valence-electron chi connectivity index (χ0n) is 12.4. The third-order valence-corrected chi connectivity index (χ3v) is 3.87. The largest absolute Gasteiger partial charge is 0.349 e. The van der Waals surface area contributed by atoms with Gasteiger partial charge in [0, 0.05) is 13.0 Å². The molecular weight excluding hydrogens is 276 g/mol. The van der Waals surface area contributed by atoms with Gasteiger partial charge in [-0.15, -0.1) is 0 Å². The van der Waals surface area contributed by atoms with Gasteiger partial charge in [-0.05, 0) is 36.1 Å². The van der Waals surface area contributed by atoms with Gasteiger partial charge in [0.25, 0.3) is 5.91 Å². The van der Waals surface area contributed by atoms with Gasteiger partial charge in [-0.3, -0.25) is 9.59 Å². The van der Waals surface area contributed by atoms with Gasteiger partial charge >= 0.3 is 0 Å². The van der Waals surface area contributed by atoms with E-state index in [2.05, 4.69) is 22.8 Å². The highest BCUT2D eigenvalue weighted by Crippen LogP contribution is 2.22. The Kier molecular flexibility index (Phi) is 3.92. The first-order valence-electron chi connectivity index (χ1n) is 7.38. The molecule has 0 unspecified atom stereocenters. The van der Waals surface area contributed by atoms with Gasteiger partial charge in [0.05, 0.1) is 11.3 Å². The Bertz CT molecular complexity index is 700. The van der Waals surface area contributed by atoms with Crippen LogP contribution in [0.2, 0.25) is 0 Å². The fourth-order valence-corrected chi connectivity index (χ4v) is 2.90. The summed E-state index contributed by atoms with van der Waals surface area (Å²) < 4.78 is 0. The number of amides is 2. The number of para-hydroxylation sites is 1. The number of carbonyl (C=O) groups is 2. The summed E-state index contributed by atoms with van der Waals surface area (Å²) in [6.45, 7) is 1.43. The van der Waals surface area contributed by atoms with E-state index in [1.54, 1.807) is 24.3 Å². The Morgan fingerprint density at radius 3 is 2.18 bits per heavy atom. The first kappa shape index (κ1) is 14.3. The molecule has 0 saturated heterocycles. The summed E-state index contributed by atoms with van der Waals surface area (Å²) in [5, 5.41) is 5.76. The summed E-state index contributed by atoms with van der Waals surface area (Å²) in [5.74, 6) is -0.337. The van der Waals surface area contributed by atoms with Crippen LogP contribution in [0, 0.1) is 0 Å². The lowest BCUT2D eigenvalue weighted by Gasteiger charge is -2.14. The molecule has 0 heterocycles. The lowest BCUT2D eigenvalue weighted by atomic mass is 10.1. The number of benzene rings is 2. The van der Waals surface area contributed by atoms with Crippen molar-refractivity contribution >= 4 is 17.5 Å². The van der Waals surface area contributed by atoms with E-state index in [0.717, 1.165) is 12.8 Å². The van der Waals surface area contributed by atoms with Crippen molar-refractivity contribution in [1.82, 2.24) is 5.32 Å². The summed E-state index contributed by atoms with van der Waals surface area (Å²) in [6, 6.07) is 15.4. The third-order valence-electron chi connectivity index (χ3n) is 3.87. The van der Waals surface area contributed by atoms with E-state index in [-0.39, 0.29) is 17.9 Å². The zero-order valence-corrected chi connectivity index (χ0v) is 12.4. The lowest BCUT2D eigenvalue weighted by molar-refractivity contribution is -0.114. The van der Waals surface area contributed by atoms with Crippen LogP contribution in [0.3, 0.4) is 0 Å². The smallest absolute Gasteiger partial charge is 0.253 e. The Balaban J connectivity index is 1.72. The molecule has 2 aromatic rings. The normalized spacial score (nSPS) is 13.5. The molecule has 0 bridgehead atoms. The number of rotatable bonds is 3. The van der Waals surface area contributed by atoms with Gasteiger partial charge in [0.15, 0.2) is 0 Å². The predicted octanol–water partition coefficient (Wildman–Crippen LogP) is 2.54. The number of hydrogen-bond donors (Lipinski definition) is 2. The number of nitrogens with one attached hydrogen (secondary N) is 2. The summed E-state index contributed by atoms with van der Waals surface area (Å²) in [7, 11) is 0. The molecule has 0 fully saturated rings. The standard InChI is InChI=1S/C18H18N2O2/c1-12(21)19-17-9-5-4-8-16(17)18(22)20-15-10-13-6-2-3-7-14(13)11-15/h2-9,15H,10-11H2,1H3,(H,19,21)(H,20,22). The average Bonchev–Trinajstić information content (AvgIpc) is 2.89. The van der Waals surface area contributed by atoms with Crippen LogP contribution in [-0.2, 0) is 17.6 Å². The van der Waals surface area contributed by atoms with E-state index in [1.807, 2.05) is 12.1 Å². The van der Waals surface area contributed by atoms with Crippen LogP contribution in [0.4, 0.5) is 5.69 Å². The van der Waals surface area contributed by atoms with Gasteiger partial charge in [-0.25, -0.2) is 0 Å². The maximum Gasteiger partial charge on any atom is 0.253 e. The SMILES string of the molecule is CC(=O)Nc1ccccc1C(=O)NC1Cc2ccccc2C1. The van der Waals surface area contributed by atoms with Crippen molar-refractivity contribution in [2.45, 2.75) is 25.8 Å². The van der Waals surface area contributed by atoms with E-state index in [0.29, 0.717) is 11.3 Å². The van der Waals surface area contributed by atoms with Crippen LogP contribution in [0.15, 0.2) is 48.5 Å². The number of carbonyl (C=O) groups excluding carboxylic acids is 2. The lowest BCUT2D eigenvalue weighted by Crippen LogP contribution is -2.35. The molecule has 0 spiro atoms. The highest BCUT2D eigenvalue weighted by Gasteiger charge is 2.23. The van der Waals surface area contributed by atoms with Crippen molar-refractivity contribution in [3.05, 3.63) is 65.2 Å². The minimum atomic E-state index is -0.187. The second-order valence-corrected chi connectivity index (χ2v) is 5.57. The van der Waals surface area contributed by atoms with Crippen molar-refractivity contribution < 1.29 is 9.59 Å². The summed E-state index contributed by atoms with van der Waals surface area (Å²) in [5.41, 5.74) is 3.63. The van der Waals surface area contributed by atoms with Gasteiger partial charge in [-0.1, -0.05) is 36.4 Å². The molecular formula is C18H18N2O2. The van der Waals surface area contributed by atoms with E-state index in [9.17, 15) is 9.59 Å². The molecule has 0 radical (unpaired) electrons. The quantitative estimate of drug-likeness (QED) is 0.914. The number of fused-ring (bicyclic) bond motifs is 1.